The molecule has 1 aliphatic heterocycles. The Morgan fingerprint density at radius 2 is 2.03 bits per heavy atom. The van der Waals surface area contributed by atoms with Crippen LogP contribution < -0.4 is 20.1 Å². The lowest BCUT2D eigenvalue weighted by molar-refractivity contribution is -0.129. The van der Waals surface area contributed by atoms with Crippen LogP contribution in [0.5, 0.6) is 11.5 Å². The second-order valence-electron chi connectivity index (χ2n) is 7.55. The lowest BCUT2D eigenvalue weighted by atomic mass is 9.97. The number of carbonyl (C=O) groups is 2. The Morgan fingerprint density at radius 3 is 2.76 bits per heavy atom. The summed E-state index contributed by atoms with van der Waals surface area (Å²) in [4.78, 5) is 24.4. The van der Waals surface area contributed by atoms with E-state index in [4.69, 9.17) is 21.1 Å². The number of hydrogen-bond acceptors (Lipinski definition) is 5. The molecular formula is C23H23ClF2N2O5. The predicted molar refractivity (Wildman–Crippen MR) is 117 cm³/mol. The van der Waals surface area contributed by atoms with E-state index in [2.05, 4.69) is 17.2 Å². The average Bonchev–Trinajstić information content (AvgIpc) is 2.75. The van der Waals surface area contributed by atoms with Crippen molar-refractivity contribution in [1.29, 1.82) is 0 Å². The molecule has 0 aliphatic carbocycles. The van der Waals surface area contributed by atoms with E-state index in [0.717, 1.165) is 6.07 Å². The molecule has 0 saturated carbocycles. The van der Waals surface area contributed by atoms with Gasteiger partial charge in [-0.1, -0.05) is 18.2 Å². The van der Waals surface area contributed by atoms with Crippen molar-refractivity contribution >= 4 is 23.4 Å². The lowest BCUT2D eigenvalue weighted by Gasteiger charge is -2.29. The van der Waals surface area contributed by atoms with Crippen LogP contribution in [0.2, 0.25) is 5.02 Å². The Kier molecular flexibility index (Phi) is 7.88. The first-order chi connectivity index (χ1) is 15.6. The smallest absolute Gasteiger partial charge is 0.265 e. The number of ether oxygens (including phenoxy) is 2. The number of amides is 2. The predicted octanol–water partition coefficient (Wildman–Crippen LogP) is 3.33. The van der Waals surface area contributed by atoms with Crippen LogP contribution in [0.4, 0.5) is 8.78 Å². The molecule has 2 unspecified atom stereocenters. The number of carbonyl (C=O) groups excluding carboxylic acids is 2. The van der Waals surface area contributed by atoms with Gasteiger partial charge in [0.1, 0.15) is 23.1 Å². The van der Waals surface area contributed by atoms with Crippen molar-refractivity contribution in [3.8, 4) is 11.5 Å². The number of aliphatic hydroxyl groups excluding tert-OH is 1. The molecule has 0 radical (unpaired) electrons. The van der Waals surface area contributed by atoms with Crippen molar-refractivity contribution in [2.24, 2.45) is 0 Å². The Morgan fingerprint density at radius 1 is 1.27 bits per heavy atom. The van der Waals surface area contributed by atoms with Crippen LogP contribution in [-0.4, -0.2) is 36.2 Å². The molecule has 1 heterocycles. The molecule has 2 aromatic carbocycles. The summed E-state index contributed by atoms with van der Waals surface area (Å²) in [6.07, 6.45) is -1.81. The molecule has 0 aromatic heterocycles. The Hall–Kier alpha value is -3.17. The average molecular weight is 481 g/mol. The first kappa shape index (κ1) is 24.5. The van der Waals surface area contributed by atoms with Crippen molar-refractivity contribution in [3.05, 3.63) is 70.4 Å². The van der Waals surface area contributed by atoms with Crippen molar-refractivity contribution in [1.82, 2.24) is 10.6 Å². The van der Waals surface area contributed by atoms with Gasteiger partial charge in [0.05, 0.1) is 11.1 Å². The van der Waals surface area contributed by atoms with E-state index in [1.165, 1.54) is 24.3 Å². The summed E-state index contributed by atoms with van der Waals surface area (Å²) in [5.74, 6) is -1.64. The summed E-state index contributed by atoms with van der Waals surface area (Å²) in [6, 6.07) is 6.49. The third kappa shape index (κ3) is 6.43. The fourth-order valence-corrected chi connectivity index (χ4v) is 3.28. The minimum atomic E-state index is -1.04. The van der Waals surface area contributed by atoms with Gasteiger partial charge in [-0.2, -0.15) is 0 Å². The quantitative estimate of drug-likeness (QED) is 0.538. The minimum absolute atomic E-state index is 0.0337. The molecule has 0 spiro atoms. The zero-order chi connectivity index (χ0) is 24.1. The van der Waals surface area contributed by atoms with Crippen LogP contribution >= 0.6 is 11.6 Å². The number of halogens is 3. The summed E-state index contributed by atoms with van der Waals surface area (Å²) in [5, 5.41) is 15.4. The second-order valence-corrected chi connectivity index (χ2v) is 7.96. The summed E-state index contributed by atoms with van der Waals surface area (Å²) in [7, 11) is 0. The van der Waals surface area contributed by atoms with Crippen molar-refractivity contribution < 1.29 is 33.0 Å². The highest BCUT2D eigenvalue weighted by atomic mass is 35.5. The van der Waals surface area contributed by atoms with Crippen molar-refractivity contribution in [2.45, 2.75) is 32.0 Å². The highest BCUT2D eigenvalue weighted by Crippen LogP contribution is 2.36. The largest absolute Gasteiger partial charge is 0.484 e. The lowest BCUT2D eigenvalue weighted by Crippen LogP contribution is -2.41. The molecule has 3 N–H and O–H groups in total. The molecule has 3 rings (SSSR count). The normalized spacial score (nSPS) is 16.9. The van der Waals surface area contributed by atoms with Crippen LogP contribution in [-0.2, 0) is 9.59 Å². The fourth-order valence-electron chi connectivity index (χ4n) is 3.16. The number of benzene rings is 2. The molecule has 0 bridgehead atoms. The molecule has 7 nitrogen and oxygen atoms in total. The zero-order valence-electron chi connectivity index (χ0n) is 17.8. The Bertz CT molecular complexity index is 1080. The highest BCUT2D eigenvalue weighted by molar-refractivity contribution is 6.30. The van der Waals surface area contributed by atoms with Gasteiger partial charge in [-0.15, -0.1) is 0 Å². The van der Waals surface area contributed by atoms with Gasteiger partial charge in [0.15, 0.2) is 12.7 Å². The summed E-state index contributed by atoms with van der Waals surface area (Å²) >= 11 is 5.59. The number of hydrogen-bond donors (Lipinski definition) is 3. The Balaban J connectivity index is 1.41. The standard InChI is InChI=1S/C23H23ClF2N2O5/c1-12-7-20-15(9-17(12)25)19(29)10-21(33-20)23(31)28-13(2)5-6-27-22(30)11-32-14-3-4-16(24)18(26)8-14/h3-4,7-9,19,21,29H,2,5-6,10-11H2,1H3,(H,27,30)(H,28,31). The van der Waals surface area contributed by atoms with Gasteiger partial charge >= 0.3 is 0 Å². The zero-order valence-corrected chi connectivity index (χ0v) is 18.5. The minimum Gasteiger partial charge on any atom is -0.484 e. The molecule has 0 saturated heterocycles. The topological polar surface area (TPSA) is 96.9 Å². The summed E-state index contributed by atoms with van der Waals surface area (Å²) in [5.41, 5.74) is 0.972. The van der Waals surface area contributed by atoms with Crippen LogP contribution in [0, 0.1) is 18.6 Å². The number of fused-ring (bicyclic) bond motifs is 1. The third-order valence-electron chi connectivity index (χ3n) is 4.96. The number of aliphatic hydroxyl groups is 1. The third-order valence-corrected chi connectivity index (χ3v) is 5.27. The Labute approximate surface area is 194 Å². The first-order valence-corrected chi connectivity index (χ1v) is 10.5. The van der Waals surface area contributed by atoms with E-state index in [1.807, 2.05) is 0 Å². The van der Waals surface area contributed by atoms with E-state index in [-0.39, 0.29) is 42.5 Å². The van der Waals surface area contributed by atoms with Gasteiger partial charge < -0.3 is 25.2 Å². The molecule has 2 aromatic rings. The van der Waals surface area contributed by atoms with E-state index >= 15 is 0 Å². The molecule has 2 atom stereocenters. The van der Waals surface area contributed by atoms with E-state index in [9.17, 15) is 23.5 Å². The van der Waals surface area contributed by atoms with E-state index in [1.54, 1.807) is 6.92 Å². The molecule has 10 heteroatoms. The fraction of sp³-hybridized carbons (Fsp3) is 0.304. The van der Waals surface area contributed by atoms with E-state index in [0.29, 0.717) is 16.8 Å². The number of aryl methyl sites for hydroxylation is 1. The van der Waals surface area contributed by atoms with Crippen LogP contribution in [0.1, 0.15) is 30.1 Å². The van der Waals surface area contributed by atoms with Crippen molar-refractivity contribution in [3.63, 3.8) is 0 Å². The van der Waals surface area contributed by atoms with Gasteiger partial charge in [0.25, 0.3) is 11.8 Å². The maximum atomic E-state index is 13.7. The molecule has 33 heavy (non-hydrogen) atoms. The van der Waals surface area contributed by atoms with Crippen LogP contribution in [0.3, 0.4) is 0 Å². The van der Waals surface area contributed by atoms with Gasteiger partial charge in [-0.05, 0) is 36.8 Å². The summed E-state index contributed by atoms with van der Waals surface area (Å²) < 4.78 is 37.9. The van der Waals surface area contributed by atoms with Gasteiger partial charge in [0.2, 0.25) is 0 Å². The molecule has 2 amide bonds. The SMILES string of the molecule is C=C(CCNC(=O)COc1ccc(Cl)c(F)c1)NC(=O)C1CC(O)c2cc(F)c(C)cc2O1. The highest BCUT2D eigenvalue weighted by Gasteiger charge is 2.32. The number of nitrogens with one attached hydrogen (secondary N) is 2. The van der Waals surface area contributed by atoms with Crippen LogP contribution in [0.15, 0.2) is 42.6 Å². The van der Waals surface area contributed by atoms with Gasteiger partial charge in [-0.25, -0.2) is 8.78 Å². The first-order valence-electron chi connectivity index (χ1n) is 10.1. The summed E-state index contributed by atoms with van der Waals surface area (Å²) in [6.45, 7) is 5.16. The van der Waals surface area contributed by atoms with E-state index < -0.39 is 35.7 Å². The maximum absolute atomic E-state index is 13.7. The van der Waals surface area contributed by atoms with Gasteiger partial charge in [0, 0.05) is 36.7 Å². The molecule has 176 valence electrons. The maximum Gasteiger partial charge on any atom is 0.265 e. The molecular weight excluding hydrogens is 458 g/mol. The molecule has 0 fully saturated rings. The van der Waals surface area contributed by atoms with Crippen molar-refractivity contribution in [2.75, 3.05) is 13.2 Å². The second kappa shape index (κ2) is 10.6. The monoisotopic (exact) mass is 480 g/mol. The van der Waals surface area contributed by atoms with Crippen LogP contribution in [0.25, 0.3) is 0 Å². The van der Waals surface area contributed by atoms with Gasteiger partial charge in [-0.3, -0.25) is 9.59 Å². The number of rotatable bonds is 8. The molecule has 1 aliphatic rings.